The highest BCUT2D eigenvalue weighted by Crippen LogP contribution is 2.14. The molecule has 4 heteroatoms. The van der Waals surface area contributed by atoms with Crippen LogP contribution in [-0.2, 0) is 0 Å². The molecule has 0 saturated heterocycles. The van der Waals surface area contributed by atoms with Crippen LogP contribution in [0.4, 0.5) is 10.2 Å². The molecule has 1 heterocycles. The molecule has 0 bridgehead atoms. The Bertz CT molecular complexity index is 277. The van der Waals surface area contributed by atoms with E-state index in [0.29, 0.717) is 12.4 Å². The van der Waals surface area contributed by atoms with Gasteiger partial charge in [0.2, 0.25) is 0 Å². The van der Waals surface area contributed by atoms with Crippen molar-refractivity contribution >= 4 is 5.82 Å². The molecular weight excluding hydrogens is 169 g/mol. The number of likely N-dealkylation sites (N-methyl/N-ethyl adjacent to an activating group) is 1. The Hall–Kier alpha value is -1.16. The fourth-order valence-electron chi connectivity index (χ4n) is 1.00. The van der Waals surface area contributed by atoms with Gasteiger partial charge in [0, 0.05) is 25.8 Å². The lowest BCUT2D eigenvalue weighted by Gasteiger charge is -2.24. The number of aromatic nitrogens is 1. The number of nitrogens with zero attached hydrogens (tertiary/aromatic N) is 2. The van der Waals surface area contributed by atoms with Crippen molar-refractivity contribution < 1.29 is 4.39 Å². The molecule has 3 nitrogen and oxygen atoms in total. The molecule has 0 aliphatic carbocycles. The minimum Gasteiger partial charge on any atom is -0.353 e. The average molecular weight is 183 g/mol. The first-order valence-electron chi connectivity index (χ1n) is 4.20. The van der Waals surface area contributed by atoms with E-state index in [0.717, 1.165) is 0 Å². The van der Waals surface area contributed by atoms with Crippen molar-refractivity contribution in [2.24, 2.45) is 5.73 Å². The van der Waals surface area contributed by atoms with Crippen molar-refractivity contribution in [3.8, 4) is 0 Å². The third kappa shape index (κ3) is 2.15. The zero-order valence-electron chi connectivity index (χ0n) is 7.87. The third-order valence-corrected chi connectivity index (χ3v) is 2.08. The van der Waals surface area contributed by atoms with Gasteiger partial charge in [-0.15, -0.1) is 0 Å². The molecule has 13 heavy (non-hydrogen) atoms. The number of nitrogens with two attached hydrogens (primary N) is 1. The quantitative estimate of drug-likeness (QED) is 0.760. The highest BCUT2D eigenvalue weighted by Gasteiger charge is 2.12. The lowest BCUT2D eigenvalue weighted by atomic mass is 10.3. The van der Waals surface area contributed by atoms with Crippen molar-refractivity contribution in [2.75, 3.05) is 18.5 Å². The second-order valence-corrected chi connectivity index (χ2v) is 3.00. The topological polar surface area (TPSA) is 42.1 Å². The van der Waals surface area contributed by atoms with Crippen molar-refractivity contribution in [3.05, 3.63) is 24.1 Å². The minimum atomic E-state index is -0.315. The summed E-state index contributed by atoms with van der Waals surface area (Å²) in [4.78, 5) is 5.67. The average Bonchev–Trinajstić information content (AvgIpc) is 2.16. The maximum absolute atomic E-state index is 13.2. The van der Waals surface area contributed by atoms with Gasteiger partial charge in [0.25, 0.3) is 0 Å². The van der Waals surface area contributed by atoms with Gasteiger partial charge in [-0.05, 0) is 19.1 Å². The van der Waals surface area contributed by atoms with Gasteiger partial charge in [-0.3, -0.25) is 0 Å². The standard InChI is InChI=1S/C9H14FN3/c1-7(6-11)13(2)9-8(10)4-3-5-12-9/h3-5,7H,6,11H2,1-2H3. The molecule has 1 unspecified atom stereocenters. The van der Waals surface area contributed by atoms with Crippen LogP contribution >= 0.6 is 0 Å². The monoisotopic (exact) mass is 183 g/mol. The van der Waals surface area contributed by atoms with Crippen LogP contribution in [0.25, 0.3) is 0 Å². The Morgan fingerprint density at radius 1 is 1.69 bits per heavy atom. The summed E-state index contributed by atoms with van der Waals surface area (Å²) in [7, 11) is 1.78. The zero-order valence-corrected chi connectivity index (χ0v) is 7.87. The van der Waals surface area contributed by atoms with E-state index in [-0.39, 0.29) is 11.9 Å². The van der Waals surface area contributed by atoms with Crippen LogP contribution in [0.15, 0.2) is 18.3 Å². The van der Waals surface area contributed by atoms with Gasteiger partial charge in [-0.1, -0.05) is 0 Å². The van der Waals surface area contributed by atoms with Crippen molar-refractivity contribution in [3.63, 3.8) is 0 Å². The molecule has 0 aromatic carbocycles. The van der Waals surface area contributed by atoms with E-state index < -0.39 is 0 Å². The van der Waals surface area contributed by atoms with Gasteiger partial charge in [0.1, 0.15) is 0 Å². The Kier molecular flexibility index (Phi) is 3.19. The van der Waals surface area contributed by atoms with Crippen molar-refractivity contribution in [2.45, 2.75) is 13.0 Å². The third-order valence-electron chi connectivity index (χ3n) is 2.08. The molecule has 1 atom stereocenters. The SMILES string of the molecule is CC(CN)N(C)c1ncccc1F. The molecule has 0 saturated carbocycles. The Morgan fingerprint density at radius 2 is 2.38 bits per heavy atom. The van der Waals surface area contributed by atoms with Gasteiger partial charge in [-0.2, -0.15) is 0 Å². The molecule has 1 aromatic rings. The van der Waals surface area contributed by atoms with Crippen LogP contribution in [0.3, 0.4) is 0 Å². The van der Waals surface area contributed by atoms with E-state index in [4.69, 9.17) is 5.73 Å². The van der Waals surface area contributed by atoms with E-state index >= 15 is 0 Å². The normalized spacial score (nSPS) is 12.6. The van der Waals surface area contributed by atoms with Gasteiger partial charge in [0.15, 0.2) is 11.6 Å². The number of rotatable bonds is 3. The van der Waals surface area contributed by atoms with Crippen LogP contribution in [0.1, 0.15) is 6.92 Å². The first-order chi connectivity index (χ1) is 6.16. The molecule has 2 N–H and O–H groups in total. The van der Waals surface area contributed by atoms with E-state index in [9.17, 15) is 4.39 Å². The van der Waals surface area contributed by atoms with E-state index in [1.54, 1.807) is 24.2 Å². The lowest BCUT2D eigenvalue weighted by Crippen LogP contribution is -2.36. The first kappa shape index (κ1) is 9.92. The summed E-state index contributed by atoms with van der Waals surface area (Å²) in [6, 6.07) is 3.05. The van der Waals surface area contributed by atoms with E-state index in [1.165, 1.54) is 6.07 Å². The number of hydrogen-bond acceptors (Lipinski definition) is 3. The first-order valence-corrected chi connectivity index (χ1v) is 4.20. The summed E-state index contributed by atoms with van der Waals surface area (Å²) in [5.41, 5.74) is 5.47. The number of hydrogen-bond donors (Lipinski definition) is 1. The minimum absolute atomic E-state index is 0.0874. The molecule has 72 valence electrons. The Balaban J connectivity index is 2.88. The number of anilines is 1. The molecule has 0 fully saturated rings. The predicted octanol–water partition coefficient (Wildman–Crippen LogP) is 1.00. The maximum Gasteiger partial charge on any atom is 0.165 e. The smallest absolute Gasteiger partial charge is 0.165 e. The van der Waals surface area contributed by atoms with Gasteiger partial charge >= 0.3 is 0 Å². The fourth-order valence-corrected chi connectivity index (χ4v) is 1.00. The van der Waals surface area contributed by atoms with Gasteiger partial charge < -0.3 is 10.6 Å². The van der Waals surface area contributed by atoms with Crippen LogP contribution < -0.4 is 10.6 Å². The van der Waals surface area contributed by atoms with Crippen LogP contribution in [-0.4, -0.2) is 24.6 Å². The summed E-state index contributed by atoms with van der Waals surface area (Å²) < 4.78 is 13.2. The second-order valence-electron chi connectivity index (χ2n) is 3.00. The number of pyridine rings is 1. The molecule has 1 rings (SSSR count). The molecule has 0 radical (unpaired) electrons. The Labute approximate surface area is 77.4 Å². The summed E-state index contributed by atoms with van der Waals surface area (Å²) in [5, 5.41) is 0. The van der Waals surface area contributed by atoms with Gasteiger partial charge in [0.05, 0.1) is 0 Å². The fraction of sp³-hybridized carbons (Fsp3) is 0.444. The zero-order chi connectivity index (χ0) is 9.84. The lowest BCUT2D eigenvalue weighted by molar-refractivity contribution is 0.597. The molecule has 0 aliphatic rings. The van der Waals surface area contributed by atoms with Gasteiger partial charge in [-0.25, -0.2) is 9.37 Å². The molecular formula is C9H14FN3. The summed E-state index contributed by atoms with van der Waals surface area (Å²) >= 11 is 0. The van der Waals surface area contributed by atoms with Crippen LogP contribution in [0.2, 0.25) is 0 Å². The highest BCUT2D eigenvalue weighted by molar-refractivity contribution is 5.39. The molecule has 0 amide bonds. The van der Waals surface area contributed by atoms with E-state index in [1.807, 2.05) is 6.92 Å². The maximum atomic E-state index is 13.2. The molecule has 0 spiro atoms. The molecule has 0 aliphatic heterocycles. The predicted molar refractivity (Wildman–Crippen MR) is 51.1 cm³/mol. The van der Waals surface area contributed by atoms with Crippen molar-refractivity contribution in [1.82, 2.24) is 4.98 Å². The Morgan fingerprint density at radius 3 is 2.92 bits per heavy atom. The largest absolute Gasteiger partial charge is 0.353 e. The number of halogens is 1. The summed E-state index contributed by atoms with van der Waals surface area (Å²) in [6.07, 6.45) is 1.57. The summed E-state index contributed by atoms with van der Waals surface area (Å²) in [5.74, 6) is 0.0331. The van der Waals surface area contributed by atoms with Crippen LogP contribution in [0.5, 0.6) is 0 Å². The summed E-state index contributed by atoms with van der Waals surface area (Å²) in [6.45, 7) is 2.40. The highest BCUT2D eigenvalue weighted by atomic mass is 19.1. The van der Waals surface area contributed by atoms with Crippen LogP contribution in [0, 0.1) is 5.82 Å². The van der Waals surface area contributed by atoms with E-state index in [2.05, 4.69) is 4.98 Å². The molecule has 1 aromatic heterocycles. The second kappa shape index (κ2) is 4.18. The van der Waals surface area contributed by atoms with Crippen molar-refractivity contribution in [1.29, 1.82) is 0 Å².